The maximum absolute atomic E-state index is 11.2. The zero-order valence-corrected chi connectivity index (χ0v) is 11.0. The van der Waals surface area contributed by atoms with Crippen molar-refractivity contribution in [1.82, 2.24) is 0 Å². The maximum atomic E-state index is 11.2. The van der Waals surface area contributed by atoms with Crippen molar-refractivity contribution in [1.29, 1.82) is 0 Å². The van der Waals surface area contributed by atoms with Crippen LogP contribution in [-0.2, 0) is 19.1 Å². The van der Waals surface area contributed by atoms with Gasteiger partial charge in [0.15, 0.2) is 12.4 Å². The molecule has 1 heterocycles. The number of primary amides is 2. The molecule has 1 aliphatic rings. The largest absolute Gasteiger partial charge is 0.390 e. The van der Waals surface area contributed by atoms with Crippen LogP contribution in [0, 0.1) is 0 Å². The summed E-state index contributed by atoms with van der Waals surface area (Å²) in [5, 5.41) is 29.1. The van der Waals surface area contributed by atoms with Gasteiger partial charge in [-0.15, -0.1) is 0 Å². The quantitative estimate of drug-likeness (QED) is 0.359. The molecule has 116 valence electrons. The second-order valence-corrected chi connectivity index (χ2v) is 4.81. The monoisotopic (exact) mass is 292 g/mol. The van der Waals surface area contributed by atoms with Crippen LogP contribution in [0.3, 0.4) is 0 Å². The van der Waals surface area contributed by atoms with Crippen LogP contribution in [0.2, 0.25) is 0 Å². The first-order valence-corrected chi connectivity index (χ1v) is 6.15. The van der Waals surface area contributed by atoms with Crippen LogP contribution in [-0.4, -0.2) is 63.9 Å². The van der Waals surface area contributed by atoms with E-state index in [2.05, 4.69) is 0 Å². The minimum Gasteiger partial charge on any atom is -0.390 e. The van der Waals surface area contributed by atoms with E-state index in [1.54, 1.807) is 0 Å². The normalized spacial score (nSPS) is 36.1. The average Bonchev–Trinajstić information content (AvgIpc) is 2.40. The lowest BCUT2D eigenvalue weighted by Gasteiger charge is -2.26. The molecule has 9 heteroatoms. The topological polar surface area (TPSA) is 165 Å². The van der Waals surface area contributed by atoms with Gasteiger partial charge < -0.3 is 36.3 Å². The summed E-state index contributed by atoms with van der Waals surface area (Å²) < 4.78 is 10.4. The maximum Gasteiger partial charge on any atom is 0.249 e. The van der Waals surface area contributed by atoms with Crippen molar-refractivity contribution < 1.29 is 34.4 Å². The lowest BCUT2D eigenvalue weighted by molar-refractivity contribution is -0.232. The Morgan fingerprint density at radius 3 is 2.40 bits per heavy atom. The number of aliphatic hydroxyl groups is 3. The first-order chi connectivity index (χ1) is 9.22. The number of hydrogen-bond acceptors (Lipinski definition) is 7. The number of amides is 2. The second kappa shape index (κ2) is 6.95. The van der Waals surface area contributed by atoms with E-state index in [4.69, 9.17) is 20.9 Å². The first kappa shape index (κ1) is 16.8. The van der Waals surface area contributed by atoms with Crippen LogP contribution in [0.25, 0.3) is 0 Å². The van der Waals surface area contributed by atoms with Gasteiger partial charge in [0, 0.05) is 6.42 Å². The number of carbonyl (C=O) groups is 2. The first-order valence-electron chi connectivity index (χ1n) is 6.15. The van der Waals surface area contributed by atoms with Crippen LogP contribution in [0.5, 0.6) is 0 Å². The summed E-state index contributed by atoms with van der Waals surface area (Å²) in [4.78, 5) is 22.0. The molecule has 0 aromatic carbocycles. The van der Waals surface area contributed by atoms with Crippen molar-refractivity contribution in [3.05, 3.63) is 0 Å². The molecule has 0 bridgehead atoms. The molecular weight excluding hydrogens is 272 g/mol. The van der Waals surface area contributed by atoms with Gasteiger partial charge in [-0.2, -0.15) is 0 Å². The standard InChI is InChI=1S/C11H20N2O7/c1-4(2-7(12)16)19-11-6(15)3-5(14)8(17)9(20-11)10(13)18/h4-6,8-9,11,14-15,17H,2-3H2,1H3,(H2,12,16)(H2,13,18)/t4?,5?,6?,8-,9?,11+/m1/s1. The summed E-state index contributed by atoms with van der Waals surface area (Å²) in [6.07, 6.45) is -8.13. The van der Waals surface area contributed by atoms with E-state index < -0.39 is 48.6 Å². The van der Waals surface area contributed by atoms with Gasteiger partial charge in [-0.25, -0.2) is 0 Å². The van der Waals surface area contributed by atoms with Gasteiger partial charge in [-0.05, 0) is 6.92 Å². The summed E-state index contributed by atoms with van der Waals surface area (Å²) in [5.74, 6) is -1.60. The number of nitrogens with two attached hydrogens (primary N) is 2. The van der Waals surface area contributed by atoms with Crippen LogP contribution < -0.4 is 11.5 Å². The van der Waals surface area contributed by atoms with Gasteiger partial charge in [-0.1, -0.05) is 0 Å². The minimum atomic E-state index is -1.57. The molecule has 1 fully saturated rings. The molecule has 20 heavy (non-hydrogen) atoms. The molecule has 4 unspecified atom stereocenters. The van der Waals surface area contributed by atoms with E-state index in [1.807, 2.05) is 0 Å². The van der Waals surface area contributed by atoms with Crippen molar-refractivity contribution in [3.63, 3.8) is 0 Å². The van der Waals surface area contributed by atoms with Gasteiger partial charge in [-0.3, -0.25) is 9.59 Å². The smallest absolute Gasteiger partial charge is 0.249 e. The fourth-order valence-electron chi connectivity index (χ4n) is 1.93. The van der Waals surface area contributed by atoms with Crippen molar-refractivity contribution >= 4 is 11.8 Å². The minimum absolute atomic E-state index is 0.112. The molecule has 6 atom stereocenters. The third-order valence-corrected chi connectivity index (χ3v) is 2.92. The van der Waals surface area contributed by atoms with Crippen LogP contribution in [0.1, 0.15) is 19.8 Å². The Balaban J connectivity index is 2.78. The highest BCUT2D eigenvalue weighted by Gasteiger charge is 2.41. The molecule has 2 amide bonds. The zero-order valence-electron chi connectivity index (χ0n) is 11.0. The third-order valence-electron chi connectivity index (χ3n) is 2.92. The lowest BCUT2D eigenvalue weighted by Crippen LogP contribution is -2.47. The summed E-state index contributed by atoms with van der Waals surface area (Å²) in [6.45, 7) is 1.53. The summed E-state index contributed by atoms with van der Waals surface area (Å²) >= 11 is 0. The predicted octanol–water partition coefficient (Wildman–Crippen LogP) is -3.05. The summed E-state index contributed by atoms with van der Waals surface area (Å²) in [7, 11) is 0. The van der Waals surface area contributed by atoms with E-state index in [9.17, 15) is 24.9 Å². The molecule has 0 aromatic heterocycles. The zero-order chi connectivity index (χ0) is 15.4. The van der Waals surface area contributed by atoms with Gasteiger partial charge in [0.25, 0.3) is 0 Å². The van der Waals surface area contributed by atoms with Crippen LogP contribution in [0.15, 0.2) is 0 Å². The molecule has 0 aromatic rings. The number of rotatable bonds is 5. The number of aliphatic hydroxyl groups excluding tert-OH is 3. The van der Waals surface area contributed by atoms with Gasteiger partial charge >= 0.3 is 0 Å². The summed E-state index contributed by atoms with van der Waals surface area (Å²) in [6, 6.07) is 0. The Labute approximate surface area is 115 Å². The van der Waals surface area contributed by atoms with Gasteiger partial charge in [0.05, 0.1) is 18.6 Å². The van der Waals surface area contributed by atoms with Crippen molar-refractivity contribution in [3.8, 4) is 0 Å². The summed E-state index contributed by atoms with van der Waals surface area (Å²) in [5.41, 5.74) is 10.1. The van der Waals surface area contributed by atoms with E-state index >= 15 is 0 Å². The fourth-order valence-corrected chi connectivity index (χ4v) is 1.93. The molecule has 9 nitrogen and oxygen atoms in total. The van der Waals surface area contributed by atoms with E-state index in [0.717, 1.165) is 0 Å². The highest BCUT2D eigenvalue weighted by molar-refractivity contribution is 5.79. The molecule has 1 rings (SSSR count). The predicted molar refractivity (Wildman–Crippen MR) is 64.9 cm³/mol. The van der Waals surface area contributed by atoms with Crippen LogP contribution in [0.4, 0.5) is 0 Å². The molecule has 7 N–H and O–H groups in total. The lowest BCUT2D eigenvalue weighted by atomic mass is 10.0. The molecule has 1 aliphatic heterocycles. The van der Waals surface area contributed by atoms with E-state index in [0.29, 0.717) is 0 Å². The van der Waals surface area contributed by atoms with E-state index in [-0.39, 0.29) is 12.8 Å². The second-order valence-electron chi connectivity index (χ2n) is 4.81. The van der Waals surface area contributed by atoms with Crippen molar-refractivity contribution in [2.24, 2.45) is 11.5 Å². The Kier molecular flexibility index (Phi) is 5.84. The molecule has 0 aliphatic carbocycles. The number of carbonyl (C=O) groups excluding carboxylic acids is 2. The van der Waals surface area contributed by atoms with Gasteiger partial charge in [0.2, 0.25) is 11.8 Å². The number of hydrogen-bond donors (Lipinski definition) is 5. The van der Waals surface area contributed by atoms with E-state index in [1.165, 1.54) is 6.92 Å². The number of ether oxygens (including phenoxy) is 2. The molecular formula is C11H20N2O7. The molecule has 0 spiro atoms. The van der Waals surface area contributed by atoms with Crippen molar-refractivity contribution in [2.45, 2.75) is 56.6 Å². The SMILES string of the molecule is CC(CC(N)=O)O[C@H]1OC(C(N)=O)[C@H](O)C(O)CC1O. The third kappa shape index (κ3) is 4.39. The van der Waals surface area contributed by atoms with Crippen molar-refractivity contribution in [2.75, 3.05) is 0 Å². The van der Waals surface area contributed by atoms with Gasteiger partial charge in [0.1, 0.15) is 12.2 Å². The molecule has 1 saturated heterocycles. The fraction of sp³-hybridized carbons (Fsp3) is 0.818. The Bertz CT molecular complexity index is 365. The molecule has 0 radical (unpaired) electrons. The Morgan fingerprint density at radius 2 is 1.90 bits per heavy atom. The molecule has 0 saturated carbocycles. The average molecular weight is 292 g/mol. The Morgan fingerprint density at radius 1 is 1.30 bits per heavy atom. The highest BCUT2D eigenvalue weighted by Crippen LogP contribution is 2.22. The highest BCUT2D eigenvalue weighted by atomic mass is 16.7. The van der Waals surface area contributed by atoms with Crippen LogP contribution >= 0.6 is 0 Å². The Hall–Kier alpha value is -1.26.